The van der Waals surface area contributed by atoms with Gasteiger partial charge in [-0.1, -0.05) is 45.0 Å². The fourth-order valence-corrected chi connectivity index (χ4v) is 4.09. The van der Waals surface area contributed by atoms with Crippen LogP contribution in [0.3, 0.4) is 0 Å². The van der Waals surface area contributed by atoms with Crippen LogP contribution in [0.1, 0.15) is 51.0 Å². The highest BCUT2D eigenvalue weighted by Gasteiger charge is 2.28. The van der Waals surface area contributed by atoms with Gasteiger partial charge in [-0.05, 0) is 55.5 Å². The number of amides is 2. The molecule has 3 rings (SSSR count). The molecule has 1 N–H and O–H groups in total. The van der Waals surface area contributed by atoms with Crippen molar-refractivity contribution in [1.29, 1.82) is 0 Å². The average molecular weight is 465 g/mol. The number of aromatic nitrogens is 2. The molecule has 0 saturated heterocycles. The fourth-order valence-electron chi connectivity index (χ4n) is 4.09. The molecule has 0 aliphatic rings. The average Bonchev–Trinajstić information content (AvgIpc) is 2.81. The van der Waals surface area contributed by atoms with Crippen LogP contribution in [0, 0.1) is 12.8 Å². The summed E-state index contributed by atoms with van der Waals surface area (Å²) >= 11 is 0. The van der Waals surface area contributed by atoms with Crippen LogP contribution in [0.4, 0.5) is 10.5 Å². The topological polar surface area (TPSA) is 76.5 Å². The first-order valence-electron chi connectivity index (χ1n) is 12.0. The Balaban J connectivity index is 2.08. The van der Waals surface area contributed by atoms with Gasteiger partial charge in [-0.3, -0.25) is 9.36 Å². The second kappa shape index (κ2) is 11.8. The Morgan fingerprint density at radius 1 is 1.18 bits per heavy atom. The Morgan fingerprint density at radius 2 is 1.94 bits per heavy atom. The van der Waals surface area contributed by atoms with Crippen molar-refractivity contribution in [2.75, 3.05) is 25.6 Å². The van der Waals surface area contributed by atoms with E-state index >= 15 is 0 Å². The molecule has 34 heavy (non-hydrogen) atoms. The summed E-state index contributed by atoms with van der Waals surface area (Å²) < 4.78 is 6.95. The molecule has 2 amide bonds. The third-order valence-electron chi connectivity index (χ3n) is 5.95. The molecule has 182 valence electrons. The number of benzene rings is 2. The van der Waals surface area contributed by atoms with Gasteiger partial charge in [0.15, 0.2) is 0 Å². The summed E-state index contributed by atoms with van der Waals surface area (Å²) in [6, 6.07) is 14.5. The normalized spacial score (nSPS) is 12.2. The standard InChI is InChI=1S/C27H36N4O3/c1-6-24(25-29-23-13-8-7-12-22(23)26(32)31(25)16-17-34-5)30(15-14-19(2)3)27(33)28-21-11-9-10-20(4)18-21/h7-13,18-19,24H,6,14-17H2,1-5H3,(H,28,33). The summed E-state index contributed by atoms with van der Waals surface area (Å²) in [4.78, 5) is 33.7. The van der Waals surface area contributed by atoms with Crippen LogP contribution in [-0.4, -0.2) is 40.7 Å². The molecule has 2 aromatic carbocycles. The SMILES string of the molecule is CCC(c1nc2ccccc2c(=O)n1CCOC)N(CCC(C)C)C(=O)Nc1cccc(C)c1. The number of fused-ring (bicyclic) bond motifs is 1. The number of anilines is 1. The van der Waals surface area contributed by atoms with Gasteiger partial charge in [0.05, 0.1) is 30.1 Å². The summed E-state index contributed by atoms with van der Waals surface area (Å²) in [5.41, 5.74) is 2.34. The number of carbonyl (C=O) groups is 1. The van der Waals surface area contributed by atoms with E-state index in [1.165, 1.54) is 0 Å². The molecular weight excluding hydrogens is 428 g/mol. The number of methoxy groups -OCH3 is 1. The van der Waals surface area contributed by atoms with Crippen molar-refractivity contribution in [2.45, 2.75) is 53.1 Å². The predicted molar refractivity (Wildman–Crippen MR) is 137 cm³/mol. The molecule has 1 unspecified atom stereocenters. The van der Waals surface area contributed by atoms with Crippen molar-refractivity contribution in [2.24, 2.45) is 5.92 Å². The van der Waals surface area contributed by atoms with Crippen LogP contribution in [0.5, 0.6) is 0 Å². The number of para-hydroxylation sites is 1. The first kappa shape index (κ1) is 25.4. The van der Waals surface area contributed by atoms with E-state index < -0.39 is 0 Å². The van der Waals surface area contributed by atoms with Gasteiger partial charge in [0, 0.05) is 19.3 Å². The first-order valence-corrected chi connectivity index (χ1v) is 12.0. The molecule has 7 heteroatoms. The molecule has 0 fully saturated rings. The number of carbonyl (C=O) groups excluding carboxylic acids is 1. The Bertz CT molecular complexity index is 1170. The summed E-state index contributed by atoms with van der Waals surface area (Å²) in [5.74, 6) is 1.01. The van der Waals surface area contributed by atoms with Crippen LogP contribution in [-0.2, 0) is 11.3 Å². The minimum Gasteiger partial charge on any atom is -0.383 e. The number of nitrogens with zero attached hydrogens (tertiary/aromatic N) is 3. The van der Waals surface area contributed by atoms with Crippen molar-refractivity contribution in [3.05, 3.63) is 70.3 Å². The molecule has 1 atom stereocenters. The van der Waals surface area contributed by atoms with Crippen LogP contribution in [0.15, 0.2) is 53.3 Å². The van der Waals surface area contributed by atoms with Crippen LogP contribution >= 0.6 is 0 Å². The Labute approximate surface area is 201 Å². The lowest BCUT2D eigenvalue weighted by Crippen LogP contribution is -2.42. The fraction of sp³-hybridized carbons (Fsp3) is 0.444. The van der Waals surface area contributed by atoms with Crippen LogP contribution in [0.2, 0.25) is 0 Å². The Kier molecular flexibility index (Phi) is 8.82. The molecule has 0 spiro atoms. The van der Waals surface area contributed by atoms with Crippen LogP contribution in [0.25, 0.3) is 10.9 Å². The highest BCUT2D eigenvalue weighted by molar-refractivity contribution is 5.89. The Hall–Kier alpha value is -3.19. The molecule has 1 heterocycles. The van der Waals surface area contributed by atoms with E-state index in [1.807, 2.05) is 61.2 Å². The van der Waals surface area contributed by atoms with Crippen molar-refractivity contribution in [1.82, 2.24) is 14.5 Å². The zero-order chi connectivity index (χ0) is 24.7. The van der Waals surface area contributed by atoms with Gasteiger partial charge >= 0.3 is 6.03 Å². The molecule has 0 saturated carbocycles. The summed E-state index contributed by atoms with van der Waals surface area (Å²) in [7, 11) is 1.61. The number of hydrogen-bond donors (Lipinski definition) is 1. The van der Waals surface area contributed by atoms with E-state index in [0.29, 0.717) is 48.8 Å². The lowest BCUT2D eigenvalue weighted by atomic mass is 10.1. The largest absolute Gasteiger partial charge is 0.383 e. The summed E-state index contributed by atoms with van der Waals surface area (Å²) in [5, 5.41) is 3.62. The molecule has 0 radical (unpaired) electrons. The molecule has 1 aromatic heterocycles. The molecule has 0 aliphatic heterocycles. The molecule has 0 aliphatic carbocycles. The zero-order valence-electron chi connectivity index (χ0n) is 20.9. The van der Waals surface area contributed by atoms with Crippen molar-refractivity contribution in [3.8, 4) is 0 Å². The van der Waals surface area contributed by atoms with Gasteiger partial charge in [-0.25, -0.2) is 9.78 Å². The van der Waals surface area contributed by atoms with Gasteiger partial charge in [-0.2, -0.15) is 0 Å². The van der Waals surface area contributed by atoms with Gasteiger partial charge in [0.1, 0.15) is 5.82 Å². The van der Waals surface area contributed by atoms with E-state index in [4.69, 9.17) is 9.72 Å². The zero-order valence-corrected chi connectivity index (χ0v) is 20.9. The predicted octanol–water partition coefficient (Wildman–Crippen LogP) is 5.38. The third-order valence-corrected chi connectivity index (χ3v) is 5.95. The van der Waals surface area contributed by atoms with E-state index in [1.54, 1.807) is 17.7 Å². The van der Waals surface area contributed by atoms with Crippen molar-refractivity contribution < 1.29 is 9.53 Å². The number of ether oxygens (including phenoxy) is 1. The van der Waals surface area contributed by atoms with E-state index in [0.717, 1.165) is 17.7 Å². The first-order chi connectivity index (χ1) is 16.3. The molecule has 7 nitrogen and oxygen atoms in total. The number of nitrogens with one attached hydrogen (secondary N) is 1. The number of urea groups is 1. The number of hydrogen-bond acceptors (Lipinski definition) is 4. The Morgan fingerprint density at radius 3 is 2.62 bits per heavy atom. The maximum atomic E-state index is 13.6. The second-order valence-electron chi connectivity index (χ2n) is 9.04. The molecule has 0 bridgehead atoms. The molecule has 3 aromatic rings. The highest BCUT2D eigenvalue weighted by atomic mass is 16.5. The van der Waals surface area contributed by atoms with Gasteiger partial charge < -0.3 is 15.0 Å². The van der Waals surface area contributed by atoms with E-state index in [9.17, 15) is 9.59 Å². The van der Waals surface area contributed by atoms with Crippen molar-refractivity contribution >= 4 is 22.6 Å². The monoisotopic (exact) mass is 464 g/mol. The molecular formula is C27H36N4O3. The lowest BCUT2D eigenvalue weighted by Gasteiger charge is -2.33. The van der Waals surface area contributed by atoms with Crippen LogP contribution < -0.4 is 10.9 Å². The smallest absolute Gasteiger partial charge is 0.322 e. The minimum absolute atomic E-state index is 0.112. The second-order valence-corrected chi connectivity index (χ2v) is 9.04. The lowest BCUT2D eigenvalue weighted by molar-refractivity contribution is 0.166. The van der Waals surface area contributed by atoms with Gasteiger partial charge in [0.2, 0.25) is 0 Å². The summed E-state index contributed by atoms with van der Waals surface area (Å²) in [6.07, 6.45) is 1.46. The highest BCUT2D eigenvalue weighted by Crippen LogP contribution is 2.26. The van der Waals surface area contributed by atoms with Crippen molar-refractivity contribution in [3.63, 3.8) is 0 Å². The van der Waals surface area contributed by atoms with Gasteiger partial charge in [-0.15, -0.1) is 0 Å². The number of aryl methyl sites for hydroxylation is 1. The van der Waals surface area contributed by atoms with E-state index in [-0.39, 0.29) is 17.6 Å². The minimum atomic E-state index is -0.363. The maximum absolute atomic E-state index is 13.6. The number of rotatable bonds is 10. The van der Waals surface area contributed by atoms with E-state index in [2.05, 4.69) is 19.2 Å². The van der Waals surface area contributed by atoms with Gasteiger partial charge in [0.25, 0.3) is 5.56 Å². The quantitative estimate of drug-likeness (QED) is 0.437. The third kappa shape index (κ3) is 6.03. The maximum Gasteiger partial charge on any atom is 0.322 e. The summed E-state index contributed by atoms with van der Waals surface area (Å²) in [6.45, 7) is 9.60.